The standard InChI is InChI=1S/C15H13F2NO3S/c1-18(12-5-3-2-4-6-12)14(19)11-7-9-13(10-8-11)22(20,21)15(16)17/h2-10,15H,1H3. The third-order valence-electron chi connectivity index (χ3n) is 3.11. The fraction of sp³-hybridized carbons (Fsp3) is 0.133. The zero-order valence-corrected chi connectivity index (χ0v) is 12.4. The highest BCUT2D eigenvalue weighted by Gasteiger charge is 2.26. The van der Waals surface area contributed by atoms with Gasteiger partial charge in [-0.1, -0.05) is 18.2 Å². The number of halogens is 2. The molecule has 0 heterocycles. The van der Waals surface area contributed by atoms with Crippen LogP contribution < -0.4 is 4.90 Å². The van der Waals surface area contributed by atoms with E-state index in [0.717, 1.165) is 12.1 Å². The number of para-hydroxylation sites is 1. The predicted molar refractivity (Wildman–Crippen MR) is 78.8 cm³/mol. The fourth-order valence-corrected chi connectivity index (χ4v) is 2.57. The largest absolute Gasteiger partial charge is 0.341 e. The van der Waals surface area contributed by atoms with Gasteiger partial charge in [0, 0.05) is 18.3 Å². The maximum absolute atomic E-state index is 12.4. The van der Waals surface area contributed by atoms with Crippen LogP contribution in [0.1, 0.15) is 10.4 Å². The van der Waals surface area contributed by atoms with Crippen LogP contribution in [0.2, 0.25) is 0 Å². The average Bonchev–Trinajstić information content (AvgIpc) is 2.54. The van der Waals surface area contributed by atoms with Gasteiger partial charge in [0.25, 0.3) is 5.91 Å². The number of benzene rings is 2. The van der Waals surface area contributed by atoms with Gasteiger partial charge in [-0.2, -0.15) is 8.78 Å². The molecule has 2 aromatic carbocycles. The molecule has 4 nitrogen and oxygen atoms in total. The van der Waals surface area contributed by atoms with Gasteiger partial charge in [-0.15, -0.1) is 0 Å². The van der Waals surface area contributed by atoms with E-state index < -0.39 is 20.5 Å². The molecule has 0 aromatic heterocycles. The lowest BCUT2D eigenvalue weighted by molar-refractivity contribution is 0.0993. The molecule has 0 spiro atoms. The van der Waals surface area contributed by atoms with Crippen LogP contribution in [0.25, 0.3) is 0 Å². The minimum atomic E-state index is -4.65. The number of amides is 1. The van der Waals surface area contributed by atoms with Crippen molar-refractivity contribution in [2.24, 2.45) is 0 Å². The molecule has 0 saturated heterocycles. The van der Waals surface area contributed by atoms with E-state index in [-0.39, 0.29) is 11.5 Å². The summed E-state index contributed by atoms with van der Waals surface area (Å²) in [5.74, 6) is -3.85. The van der Waals surface area contributed by atoms with Crippen molar-refractivity contribution in [1.82, 2.24) is 0 Å². The van der Waals surface area contributed by atoms with Crippen molar-refractivity contribution >= 4 is 21.4 Å². The average molecular weight is 325 g/mol. The molecule has 0 radical (unpaired) electrons. The van der Waals surface area contributed by atoms with Crippen LogP contribution in [-0.4, -0.2) is 27.1 Å². The van der Waals surface area contributed by atoms with Crippen molar-refractivity contribution < 1.29 is 22.0 Å². The molecule has 0 aliphatic heterocycles. The lowest BCUT2D eigenvalue weighted by atomic mass is 10.2. The first-order chi connectivity index (χ1) is 10.3. The van der Waals surface area contributed by atoms with E-state index in [1.807, 2.05) is 6.07 Å². The quantitative estimate of drug-likeness (QED) is 0.868. The van der Waals surface area contributed by atoms with Gasteiger partial charge in [-0.3, -0.25) is 4.79 Å². The Morgan fingerprint density at radius 1 is 1.00 bits per heavy atom. The highest BCUT2D eigenvalue weighted by atomic mass is 32.2. The van der Waals surface area contributed by atoms with E-state index in [2.05, 4.69) is 0 Å². The molecule has 116 valence electrons. The molecule has 0 aliphatic carbocycles. The first kappa shape index (κ1) is 16.1. The zero-order chi connectivity index (χ0) is 16.3. The van der Waals surface area contributed by atoms with Crippen LogP contribution in [0, 0.1) is 0 Å². The minimum Gasteiger partial charge on any atom is -0.311 e. The summed E-state index contributed by atoms with van der Waals surface area (Å²) in [5.41, 5.74) is 0.872. The van der Waals surface area contributed by atoms with Gasteiger partial charge < -0.3 is 4.90 Å². The Balaban J connectivity index is 2.26. The van der Waals surface area contributed by atoms with E-state index in [4.69, 9.17) is 0 Å². The van der Waals surface area contributed by atoms with Crippen LogP contribution in [0.3, 0.4) is 0 Å². The van der Waals surface area contributed by atoms with Gasteiger partial charge in [-0.05, 0) is 36.4 Å². The van der Waals surface area contributed by atoms with Crippen molar-refractivity contribution in [3.8, 4) is 0 Å². The summed E-state index contributed by atoms with van der Waals surface area (Å²) in [4.78, 5) is 13.1. The van der Waals surface area contributed by atoms with Gasteiger partial charge >= 0.3 is 5.76 Å². The Labute approximate surface area is 126 Å². The number of nitrogens with zero attached hydrogens (tertiary/aromatic N) is 1. The van der Waals surface area contributed by atoms with Crippen molar-refractivity contribution in [2.75, 3.05) is 11.9 Å². The Bertz CT molecular complexity index is 759. The molecule has 1 amide bonds. The summed E-state index contributed by atoms with van der Waals surface area (Å²) in [7, 11) is -3.08. The number of sulfone groups is 1. The van der Waals surface area contributed by atoms with Crippen LogP contribution in [-0.2, 0) is 9.84 Å². The van der Waals surface area contributed by atoms with Gasteiger partial charge in [0.1, 0.15) is 0 Å². The Morgan fingerprint density at radius 2 is 1.55 bits per heavy atom. The van der Waals surface area contributed by atoms with E-state index in [9.17, 15) is 22.0 Å². The molecule has 7 heteroatoms. The second-order valence-corrected chi connectivity index (χ2v) is 6.45. The third-order valence-corrected chi connectivity index (χ3v) is 4.51. The molecular weight excluding hydrogens is 312 g/mol. The molecule has 0 atom stereocenters. The lowest BCUT2D eigenvalue weighted by Gasteiger charge is -2.17. The monoisotopic (exact) mass is 325 g/mol. The number of rotatable bonds is 4. The van der Waals surface area contributed by atoms with Crippen LogP contribution in [0.4, 0.5) is 14.5 Å². The molecule has 0 aliphatic rings. The van der Waals surface area contributed by atoms with Gasteiger partial charge in [0.2, 0.25) is 9.84 Å². The summed E-state index contributed by atoms with van der Waals surface area (Å²) in [6.45, 7) is 0. The van der Waals surface area contributed by atoms with E-state index >= 15 is 0 Å². The fourth-order valence-electron chi connectivity index (χ4n) is 1.85. The van der Waals surface area contributed by atoms with E-state index in [1.54, 1.807) is 31.3 Å². The predicted octanol–water partition coefficient (Wildman–Crippen LogP) is 2.96. The summed E-state index contributed by atoms with van der Waals surface area (Å²) in [6, 6.07) is 13.3. The molecular formula is C15H13F2NO3S. The molecule has 0 unspecified atom stereocenters. The number of anilines is 1. The highest BCUT2D eigenvalue weighted by molar-refractivity contribution is 7.91. The Morgan fingerprint density at radius 3 is 2.05 bits per heavy atom. The van der Waals surface area contributed by atoms with Crippen molar-refractivity contribution in [3.05, 3.63) is 60.2 Å². The SMILES string of the molecule is CN(C(=O)c1ccc(S(=O)(=O)C(F)F)cc1)c1ccccc1. The molecule has 0 N–H and O–H groups in total. The normalized spacial score (nSPS) is 11.5. The first-order valence-electron chi connectivity index (χ1n) is 6.29. The van der Waals surface area contributed by atoms with Crippen molar-refractivity contribution in [3.63, 3.8) is 0 Å². The van der Waals surface area contributed by atoms with Crippen molar-refractivity contribution in [1.29, 1.82) is 0 Å². The van der Waals surface area contributed by atoms with Crippen LogP contribution in [0.15, 0.2) is 59.5 Å². The smallest absolute Gasteiger partial charge is 0.311 e. The second kappa shape index (κ2) is 6.23. The highest BCUT2D eigenvalue weighted by Crippen LogP contribution is 2.20. The maximum Gasteiger partial charge on any atom is 0.341 e. The van der Waals surface area contributed by atoms with Crippen LogP contribution in [0.5, 0.6) is 0 Å². The number of carbonyl (C=O) groups excluding carboxylic acids is 1. The van der Waals surface area contributed by atoms with E-state index in [0.29, 0.717) is 5.69 Å². The molecule has 2 aromatic rings. The van der Waals surface area contributed by atoms with Gasteiger partial charge in [0.15, 0.2) is 0 Å². The van der Waals surface area contributed by atoms with Crippen LogP contribution >= 0.6 is 0 Å². The zero-order valence-electron chi connectivity index (χ0n) is 11.6. The Kier molecular flexibility index (Phi) is 4.56. The van der Waals surface area contributed by atoms with Gasteiger partial charge in [0.05, 0.1) is 4.90 Å². The number of carbonyl (C=O) groups is 1. The summed E-state index contributed by atoms with van der Waals surface area (Å²) in [6.07, 6.45) is 0. The number of hydrogen-bond donors (Lipinski definition) is 0. The summed E-state index contributed by atoms with van der Waals surface area (Å²) >= 11 is 0. The van der Waals surface area contributed by atoms with E-state index in [1.165, 1.54) is 17.0 Å². The Hall–Kier alpha value is -2.28. The summed E-state index contributed by atoms with van der Waals surface area (Å²) in [5, 5.41) is 0. The molecule has 2 rings (SSSR count). The minimum absolute atomic E-state index is 0.208. The molecule has 0 saturated carbocycles. The molecule has 0 fully saturated rings. The third kappa shape index (κ3) is 3.14. The second-order valence-electron chi connectivity index (χ2n) is 4.53. The number of hydrogen-bond acceptors (Lipinski definition) is 3. The van der Waals surface area contributed by atoms with Crippen molar-refractivity contribution in [2.45, 2.75) is 10.7 Å². The topological polar surface area (TPSA) is 54.5 Å². The maximum atomic E-state index is 12.4. The van der Waals surface area contributed by atoms with Gasteiger partial charge in [-0.25, -0.2) is 8.42 Å². The lowest BCUT2D eigenvalue weighted by Crippen LogP contribution is -2.26. The summed E-state index contributed by atoms with van der Waals surface area (Å²) < 4.78 is 47.5. The molecule has 0 bridgehead atoms. The number of alkyl halides is 2. The molecule has 22 heavy (non-hydrogen) atoms. The first-order valence-corrected chi connectivity index (χ1v) is 7.84.